The Morgan fingerprint density at radius 1 is 1.29 bits per heavy atom. The van der Waals surface area contributed by atoms with Gasteiger partial charge in [-0.3, -0.25) is 9.69 Å². The number of sulfonamides is 1. The average Bonchev–Trinajstić information content (AvgIpc) is 2.89. The van der Waals surface area contributed by atoms with Gasteiger partial charge < -0.3 is 10.1 Å². The maximum Gasteiger partial charge on any atom is 0.410 e. The second kappa shape index (κ2) is 7.53. The number of benzene rings is 1. The van der Waals surface area contributed by atoms with Crippen molar-refractivity contribution in [3.05, 3.63) is 23.2 Å². The van der Waals surface area contributed by atoms with Crippen molar-refractivity contribution < 1.29 is 22.7 Å². The number of piperidine rings is 1. The van der Waals surface area contributed by atoms with E-state index in [0.29, 0.717) is 38.2 Å². The summed E-state index contributed by atoms with van der Waals surface area (Å²) in [5.41, 5.74) is -0.0304. The van der Waals surface area contributed by atoms with Crippen molar-refractivity contribution in [2.45, 2.75) is 50.1 Å². The van der Waals surface area contributed by atoms with Crippen LogP contribution in [0.5, 0.6) is 0 Å². The smallest absolute Gasteiger partial charge is 0.410 e. The van der Waals surface area contributed by atoms with E-state index in [9.17, 15) is 18.0 Å². The first-order chi connectivity index (χ1) is 13.0. The predicted octanol–water partition coefficient (Wildman–Crippen LogP) is 2.68. The second-order valence-corrected chi connectivity index (χ2v) is 10.0. The number of halogens is 1. The first-order valence-electron chi connectivity index (χ1n) is 9.06. The summed E-state index contributed by atoms with van der Waals surface area (Å²) < 4.78 is 32.5. The van der Waals surface area contributed by atoms with Crippen molar-refractivity contribution in [2.24, 2.45) is 0 Å². The molecule has 2 heterocycles. The molecule has 0 unspecified atom stereocenters. The summed E-state index contributed by atoms with van der Waals surface area (Å²) in [6.45, 7) is 6.18. The SMILES string of the molecule is CC(=O)Nc1ccc(S(=O)(=O)N2CCC(N3C(=O)OCC3(C)C)CC2)cc1Cl. The largest absolute Gasteiger partial charge is 0.447 e. The molecule has 0 radical (unpaired) electrons. The normalized spacial score (nSPS) is 20.9. The summed E-state index contributed by atoms with van der Waals surface area (Å²) in [5, 5.41) is 2.71. The van der Waals surface area contributed by atoms with Gasteiger partial charge in [-0.25, -0.2) is 13.2 Å². The van der Waals surface area contributed by atoms with Crippen molar-refractivity contribution in [1.29, 1.82) is 0 Å². The Bertz CT molecular complexity index is 894. The minimum atomic E-state index is -3.72. The van der Waals surface area contributed by atoms with Gasteiger partial charge in [-0.1, -0.05) is 11.6 Å². The van der Waals surface area contributed by atoms with Crippen LogP contribution in [0.3, 0.4) is 0 Å². The lowest BCUT2D eigenvalue weighted by Gasteiger charge is -2.40. The Hall–Kier alpha value is -1.84. The van der Waals surface area contributed by atoms with Crippen molar-refractivity contribution >= 4 is 39.3 Å². The third kappa shape index (κ3) is 3.97. The molecule has 154 valence electrons. The topological polar surface area (TPSA) is 96.0 Å². The van der Waals surface area contributed by atoms with Crippen LogP contribution in [0.15, 0.2) is 23.1 Å². The first-order valence-corrected chi connectivity index (χ1v) is 10.9. The summed E-state index contributed by atoms with van der Waals surface area (Å²) in [6.07, 6.45) is 0.733. The molecular weight excluding hydrogens is 406 g/mol. The number of amides is 2. The molecule has 2 aliphatic heterocycles. The van der Waals surface area contributed by atoms with Gasteiger partial charge in [-0.2, -0.15) is 4.31 Å². The zero-order chi connectivity index (χ0) is 20.7. The van der Waals surface area contributed by atoms with Crippen molar-refractivity contribution in [3.8, 4) is 0 Å². The highest BCUT2D eigenvalue weighted by atomic mass is 35.5. The van der Waals surface area contributed by atoms with Crippen molar-refractivity contribution in [2.75, 3.05) is 25.0 Å². The molecule has 1 aromatic carbocycles. The molecule has 8 nitrogen and oxygen atoms in total. The summed E-state index contributed by atoms with van der Waals surface area (Å²) in [5.74, 6) is -0.289. The highest BCUT2D eigenvalue weighted by Gasteiger charge is 2.45. The van der Waals surface area contributed by atoms with E-state index >= 15 is 0 Å². The third-order valence-corrected chi connectivity index (χ3v) is 7.28. The molecule has 10 heteroatoms. The molecule has 2 aliphatic rings. The van der Waals surface area contributed by atoms with Crippen molar-refractivity contribution in [3.63, 3.8) is 0 Å². The van der Waals surface area contributed by atoms with Gasteiger partial charge in [0.25, 0.3) is 0 Å². The minimum Gasteiger partial charge on any atom is -0.447 e. The van der Waals surface area contributed by atoms with Gasteiger partial charge in [-0.15, -0.1) is 0 Å². The van der Waals surface area contributed by atoms with Crippen LogP contribution in [0.2, 0.25) is 5.02 Å². The molecule has 0 aromatic heterocycles. The Balaban J connectivity index is 1.72. The van der Waals surface area contributed by atoms with Crippen LogP contribution < -0.4 is 5.32 Å². The number of nitrogens with one attached hydrogen (secondary N) is 1. The molecule has 28 heavy (non-hydrogen) atoms. The summed E-state index contributed by atoms with van der Waals surface area (Å²) in [7, 11) is -3.72. The molecule has 0 aliphatic carbocycles. The van der Waals surface area contributed by atoms with E-state index in [4.69, 9.17) is 16.3 Å². The number of hydrogen-bond acceptors (Lipinski definition) is 5. The maximum absolute atomic E-state index is 13.0. The first kappa shape index (κ1) is 20.9. The summed E-state index contributed by atoms with van der Waals surface area (Å²) >= 11 is 6.12. The van der Waals surface area contributed by atoms with Crippen molar-refractivity contribution in [1.82, 2.24) is 9.21 Å². The number of anilines is 1. The second-order valence-electron chi connectivity index (χ2n) is 7.70. The molecule has 2 fully saturated rings. The Kier molecular flexibility index (Phi) is 5.62. The monoisotopic (exact) mass is 429 g/mol. The molecule has 0 atom stereocenters. The van der Waals surface area contributed by atoms with Crippen LogP contribution >= 0.6 is 11.6 Å². The molecular formula is C18H24ClN3O5S. The van der Waals surface area contributed by atoms with E-state index in [-0.39, 0.29) is 28.0 Å². The van der Waals surface area contributed by atoms with E-state index in [1.54, 1.807) is 4.90 Å². The van der Waals surface area contributed by atoms with E-state index in [1.165, 1.54) is 29.4 Å². The molecule has 3 rings (SSSR count). The van der Waals surface area contributed by atoms with Crippen LogP contribution in [0.1, 0.15) is 33.6 Å². The van der Waals surface area contributed by atoms with Crippen LogP contribution in [0.4, 0.5) is 10.5 Å². The number of cyclic esters (lactones) is 1. The summed E-state index contributed by atoms with van der Waals surface area (Å²) in [4.78, 5) is 25.0. The van der Waals surface area contributed by atoms with Crippen LogP contribution in [-0.4, -0.2) is 60.9 Å². The van der Waals surface area contributed by atoms with Gasteiger partial charge in [0.05, 0.1) is 21.1 Å². The Morgan fingerprint density at radius 2 is 1.93 bits per heavy atom. The fraction of sp³-hybridized carbons (Fsp3) is 0.556. The minimum absolute atomic E-state index is 0.0535. The quantitative estimate of drug-likeness (QED) is 0.793. The number of carbonyl (C=O) groups excluding carboxylic acids is 2. The standard InChI is InChI=1S/C18H24ClN3O5S/c1-12(23)20-16-5-4-14(10-15(16)19)28(25,26)21-8-6-13(7-9-21)22-17(24)27-11-18(22,2)3/h4-5,10,13H,6-9,11H2,1-3H3,(H,20,23). The molecule has 1 N–H and O–H groups in total. The number of rotatable bonds is 4. The van der Waals surface area contributed by atoms with Gasteiger partial charge in [0.2, 0.25) is 15.9 Å². The molecule has 0 saturated carbocycles. The molecule has 2 saturated heterocycles. The number of carbonyl (C=O) groups is 2. The van der Waals surface area contributed by atoms with E-state index in [1.807, 2.05) is 13.8 Å². The zero-order valence-corrected chi connectivity index (χ0v) is 17.6. The van der Waals surface area contributed by atoms with Crippen LogP contribution in [-0.2, 0) is 19.6 Å². The number of nitrogens with zero attached hydrogens (tertiary/aromatic N) is 2. The fourth-order valence-electron chi connectivity index (χ4n) is 3.70. The maximum atomic E-state index is 13.0. The van der Waals surface area contributed by atoms with Gasteiger partial charge in [0, 0.05) is 26.1 Å². The van der Waals surface area contributed by atoms with Gasteiger partial charge in [0.15, 0.2) is 0 Å². The lowest BCUT2D eigenvalue weighted by molar-refractivity contribution is -0.114. The third-order valence-electron chi connectivity index (χ3n) is 5.08. The average molecular weight is 430 g/mol. The fourth-order valence-corrected chi connectivity index (χ4v) is 5.49. The lowest BCUT2D eigenvalue weighted by atomic mass is 9.98. The molecule has 0 spiro atoms. The van der Waals surface area contributed by atoms with Gasteiger partial charge in [-0.05, 0) is 44.9 Å². The molecule has 1 aromatic rings. The summed E-state index contributed by atoms with van der Waals surface area (Å²) in [6, 6.07) is 4.20. The molecule has 0 bridgehead atoms. The van der Waals surface area contributed by atoms with E-state index in [2.05, 4.69) is 5.32 Å². The van der Waals surface area contributed by atoms with Gasteiger partial charge in [0.1, 0.15) is 6.61 Å². The van der Waals surface area contributed by atoms with Crippen LogP contribution in [0.25, 0.3) is 0 Å². The van der Waals surface area contributed by atoms with Crippen LogP contribution in [0, 0.1) is 0 Å². The highest BCUT2D eigenvalue weighted by molar-refractivity contribution is 7.89. The number of hydrogen-bond donors (Lipinski definition) is 1. The Morgan fingerprint density at radius 3 is 2.43 bits per heavy atom. The number of ether oxygens (including phenoxy) is 1. The van der Waals surface area contributed by atoms with Gasteiger partial charge >= 0.3 is 6.09 Å². The highest BCUT2D eigenvalue weighted by Crippen LogP contribution is 2.33. The Labute approximate surface area is 169 Å². The predicted molar refractivity (Wildman–Crippen MR) is 105 cm³/mol. The lowest BCUT2D eigenvalue weighted by Crippen LogP contribution is -2.53. The van der Waals surface area contributed by atoms with E-state index < -0.39 is 15.6 Å². The molecule has 2 amide bonds. The zero-order valence-electron chi connectivity index (χ0n) is 16.1. The van der Waals surface area contributed by atoms with E-state index in [0.717, 1.165) is 0 Å².